The predicted molar refractivity (Wildman–Crippen MR) is 99.6 cm³/mol. The fourth-order valence-electron chi connectivity index (χ4n) is 3.07. The number of nitrogens with two attached hydrogens (primary N) is 1. The van der Waals surface area contributed by atoms with Gasteiger partial charge in [0.15, 0.2) is 0 Å². The molecule has 1 aromatic carbocycles. The molecule has 1 aliphatic rings. The Morgan fingerprint density at radius 3 is 2.54 bits per heavy atom. The largest absolute Gasteiger partial charge is 0.444 e. The van der Waals surface area contributed by atoms with Gasteiger partial charge in [-0.25, -0.2) is 4.79 Å². The number of nitrogen functional groups attached to an aromatic ring is 1. The van der Waals surface area contributed by atoms with Crippen molar-refractivity contribution in [3.63, 3.8) is 0 Å². The van der Waals surface area contributed by atoms with E-state index in [4.69, 9.17) is 22.1 Å². The number of amides is 1. The van der Waals surface area contributed by atoms with Crippen LogP contribution in [-0.2, 0) is 4.74 Å². The van der Waals surface area contributed by atoms with Gasteiger partial charge in [-0.1, -0.05) is 11.6 Å². The van der Waals surface area contributed by atoms with Gasteiger partial charge in [0.25, 0.3) is 0 Å². The summed E-state index contributed by atoms with van der Waals surface area (Å²) in [7, 11) is 0. The highest BCUT2D eigenvalue weighted by Gasteiger charge is 2.27. The van der Waals surface area contributed by atoms with E-state index in [0.717, 1.165) is 31.6 Å². The van der Waals surface area contributed by atoms with E-state index in [2.05, 4.69) is 10.2 Å². The SMILES string of the molecule is CC(NC(=O)OC(C)(C)C)C1CCN(c2ccc(Cl)cc2N)CC1. The lowest BCUT2D eigenvalue weighted by Crippen LogP contribution is -2.45. The third kappa shape index (κ3) is 5.20. The van der Waals surface area contributed by atoms with Crippen LogP contribution >= 0.6 is 11.6 Å². The van der Waals surface area contributed by atoms with E-state index in [1.165, 1.54) is 0 Å². The van der Waals surface area contributed by atoms with Crippen molar-refractivity contribution in [1.82, 2.24) is 5.32 Å². The molecule has 1 fully saturated rings. The van der Waals surface area contributed by atoms with Gasteiger partial charge in [0, 0.05) is 24.2 Å². The molecule has 3 N–H and O–H groups in total. The Balaban J connectivity index is 1.87. The number of nitrogens with one attached hydrogen (secondary N) is 1. The van der Waals surface area contributed by atoms with Crippen LogP contribution in [0.25, 0.3) is 0 Å². The molecule has 0 spiro atoms. The Kier molecular flexibility index (Phi) is 5.86. The molecule has 6 heteroatoms. The van der Waals surface area contributed by atoms with Crippen molar-refractivity contribution in [3.05, 3.63) is 23.2 Å². The maximum atomic E-state index is 11.9. The molecule has 1 saturated heterocycles. The molecule has 0 aliphatic carbocycles. The summed E-state index contributed by atoms with van der Waals surface area (Å²) in [6.45, 7) is 9.47. The number of benzene rings is 1. The highest BCUT2D eigenvalue weighted by molar-refractivity contribution is 6.31. The van der Waals surface area contributed by atoms with Gasteiger partial charge in [-0.15, -0.1) is 0 Å². The fraction of sp³-hybridized carbons (Fsp3) is 0.611. The van der Waals surface area contributed by atoms with Gasteiger partial charge in [-0.2, -0.15) is 0 Å². The lowest BCUT2D eigenvalue weighted by Gasteiger charge is -2.37. The Morgan fingerprint density at radius 1 is 1.38 bits per heavy atom. The van der Waals surface area contributed by atoms with Crippen LogP contribution in [0, 0.1) is 5.92 Å². The van der Waals surface area contributed by atoms with Crippen molar-refractivity contribution in [2.45, 2.75) is 52.2 Å². The first-order valence-electron chi connectivity index (χ1n) is 8.45. The minimum atomic E-state index is -0.473. The second-order valence-electron chi connectivity index (χ2n) is 7.46. The first-order chi connectivity index (χ1) is 11.2. The number of rotatable bonds is 3. The summed E-state index contributed by atoms with van der Waals surface area (Å²) in [5, 5.41) is 3.61. The van der Waals surface area contributed by atoms with Gasteiger partial charge in [-0.3, -0.25) is 0 Å². The van der Waals surface area contributed by atoms with Crippen LogP contribution in [0.4, 0.5) is 16.2 Å². The number of carbonyl (C=O) groups excluding carboxylic acids is 1. The van der Waals surface area contributed by atoms with Crippen molar-refractivity contribution in [2.75, 3.05) is 23.7 Å². The molecular weight excluding hydrogens is 326 g/mol. The zero-order valence-corrected chi connectivity index (χ0v) is 15.7. The highest BCUT2D eigenvalue weighted by atomic mass is 35.5. The smallest absolute Gasteiger partial charge is 0.407 e. The average Bonchev–Trinajstić information content (AvgIpc) is 2.45. The van der Waals surface area contributed by atoms with Crippen LogP contribution in [0.15, 0.2) is 18.2 Å². The number of ether oxygens (including phenoxy) is 1. The number of alkyl carbamates (subject to hydrolysis) is 1. The first kappa shape index (κ1) is 18.7. The zero-order valence-electron chi connectivity index (χ0n) is 14.9. The van der Waals surface area contributed by atoms with Crippen LogP contribution in [-0.4, -0.2) is 30.8 Å². The second kappa shape index (κ2) is 7.51. The summed E-state index contributed by atoms with van der Waals surface area (Å²) in [6, 6.07) is 5.71. The number of hydrogen-bond donors (Lipinski definition) is 2. The van der Waals surface area contributed by atoms with E-state index >= 15 is 0 Å². The van der Waals surface area contributed by atoms with E-state index in [9.17, 15) is 4.79 Å². The quantitative estimate of drug-likeness (QED) is 0.804. The number of halogens is 1. The average molecular weight is 354 g/mol. The monoisotopic (exact) mass is 353 g/mol. The van der Waals surface area contributed by atoms with Gasteiger partial charge < -0.3 is 20.7 Å². The normalized spacial score (nSPS) is 17.5. The van der Waals surface area contributed by atoms with Gasteiger partial charge in [0.05, 0.1) is 11.4 Å². The van der Waals surface area contributed by atoms with Crippen molar-refractivity contribution in [3.8, 4) is 0 Å². The zero-order chi connectivity index (χ0) is 17.9. The van der Waals surface area contributed by atoms with Gasteiger partial charge in [0.1, 0.15) is 5.60 Å². The third-order valence-electron chi connectivity index (χ3n) is 4.32. The number of hydrogen-bond acceptors (Lipinski definition) is 4. The summed E-state index contributed by atoms with van der Waals surface area (Å²) < 4.78 is 5.33. The van der Waals surface area contributed by atoms with E-state index in [1.54, 1.807) is 6.07 Å². The summed E-state index contributed by atoms with van der Waals surface area (Å²) in [4.78, 5) is 14.2. The molecule has 1 heterocycles. The Bertz CT molecular complexity index is 578. The van der Waals surface area contributed by atoms with E-state index in [0.29, 0.717) is 16.6 Å². The number of nitrogens with zero attached hydrogens (tertiary/aromatic N) is 1. The van der Waals surface area contributed by atoms with Gasteiger partial charge in [0.2, 0.25) is 0 Å². The summed E-state index contributed by atoms with van der Waals surface area (Å²) in [5.74, 6) is 0.433. The minimum Gasteiger partial charge on any atom is -0.444 e. The molecule has 24 heavy (non-hydrogen) atoms. The minimum absolute atomic E-state index is 0.0876. The molecule has 1 atom stereocenters. The van der Waals surface area contributed by atoms with Crippen molar-refractivity contribution in [2.24, 2.45) is 5.92 Å². The Morgan fingerprint density at radius 2 is 2.00 bits per heavy atom. The molecule has 0 aromatic heterocycles. The van der Waals surface area contributed by atoms with Crippen LogP contribution in [0.3, 0.4) is 0 Å². The molecule has 2 rings (SSSR count). The van der Waals surface area contributed by atoms with Crippen LogP contribution < -0.4 is 16.0 Å². The van der Waals surface area contributed by atoms with Gasteiger partial charge >= 0.3 is 6.09 Å². The van der Waals surface area contributed by atoms with E-state index < -0.39 is 5.60 Å². The molecule has 1 unspecified atom stereocenters. The summed E-state index contributed by atoms with van der Waals surface area (Å²) >= 11 is 5.96. The molecule has 0 bridgehead atoms. The van der Waals surface area contributed by atoms with Gasteiger partial charge in [-0.05, 0) is 64.7 Å². The lowest BCUT2D eigenvalue weighted by molar-refractivity contribution is 0.0487. The van der Waals surface area contributed by atoms with Crippen molar-refractivity contribution in [1.29, 1.82) is 0 Å². The molecule has 1 aliphatic heterocycles. The van der Waals surface area contributed by atoms with E-state index in [-0.39, 0.29) is 12.1 Å². The molecule has 0 saturated carbocycles. The maximum absolute atomic E-state index is 11.9. The predicted octanol–water partition coefficient (Wildman–Crippen LogP) is 4.05. The third-order valence-corrected chi connectivity index (χ3v) is 4.56. The maximum Gasteiger partial charge on any atom is 0.407 e. The topological polar surface area (TPSA) is 67.6 Å². The van der Waals surface area contributed by atoms with E-state index in [1.807, 2.05) is 39.8 Å². The highest BCUT2D eigenvalue weighted by Crippen LogP contribution is 2.31. The fourth-order valence-corrected chi connectivity index (χ4v) is 3.25. The molecule has 5 nitrogen and oxygen atoms in total. The van der Waals surface area contributed by atoms with Crippen LogP contribution in [0.5, 0.6) is 0 Å². The Hall–Kier alpha value is -1.62. The molecule has 1 aromatic rings. The Labute approximate surface area is 149 Å². The molecule has 134 valence electrons. The standard InChI is InChI=1S/C18H28ClN3O2/c1-12(21-17(23)24-18(2,3)4)13-7-9-22(10-8-13)16-6-5-14(19)11-15(16)20/h5-6,11-13H,7-10,20H2,1-4H3,(H,21,23). The number of piperidine rings is 1. The number of carbonyl (C=O) groups is 1. The van der Waals surface area contributed by atoms with Crippen LogP contribution in [0.2, 0.25) is 5.02 Å². The lowest BCUT2D eigenvalue weighted by atomic mass is 9.90. The van der Waals surface area contributed by atoms with Crippen molar-refractivity contribution < 1.29 is 9.53 Å². The summed E-state index contributed by atoms with van der Waals surface area (Å²) in [5.41, 5.74) is 7.34. The number of anilines is 2. The molecule has 1 amide bonds. The summed E-state index contributed by atoms with van der Waals surface area (Å²) in [6.07, 6.45) is 1.65. The molecular formula is C18H28ClN3O2. The van der Waals surface area contributed by atoms with Crippen molar-refractivity contribution >= 4 is 29.1 Å². The molecule has 0 radical (unpaired) electrons. The second-order valence-corrected chi connectivity index (χ2v) is 7.90. The first-order valence-corrected chi connectivity index (χ1v) is 8.83. The van der Waals surface area contributed by atoms with Crippen LogP contribution in [0.1, 0.15) is 40.5 Å².